The summed E-state index contributed by atoms with van der Waals surface area (Å²) < 4.78 is 23.6. The van der Waals surface area contributed by atoms with Gasteiger partial charge in [0, 0.05) is 37.6 Å². The average molecular weight is 328 g/mol. The molecule has 1 aromatic carbocycles. The van der Waals surface area contributed by atoms with E-state index in [4.69, 9.17) is 0 Å². The van der Waals surface area contributed by atoms with Crippen LogP contribution in [0.5, 0.6) is 0 Å². The predicted molar refractivity (Wildman–Crippen MR) is 89.0 cm³/mol. The third-order valence-corrected chi connectivity index (χ3v) is 4.65. The quantitative estimate of drug-likeness (QED) is 0.730. The summed E-state index contributed by atoms with van der Waals surface area (Å²) in [6.45, 7) is 0.637. The van der Waals surface area contributed by atoms with Crippen LogP contribution in [-0.2, 0) is 16.4 Å². The lowest BCUT2D eigenvalue weighted by molar-refractivity contribution is 0.602. The molecule has 2 aromatic heterocycles. The number of nitrogens with zero attached hydrogens (tertiary/aromatic N) is 4. The van der Waals surface area contributed by atoms with Crippen molar-refractivity contribution >= 4 is 26.6 Å². The fourth-order valence-corrected chi connectivity index (χ4v) is 3.04. The summed E-state index contributed by atoms with van der Waals surface area (Å²) in [7, 11) is -1.37. The summed E-state index contributed by atoms with van der Waals surface area (Å²) in [6.07, 6.45) is 6.16. The van der Waals surface area contributed by atoms with Crippen molar-refractivity contribution in [2.45, 2.75) is 11.4 Å². The van der Waals surface area contributed by atoms with Crippen molar-refractivity contribution in [1.82, 2.24) is 15.0 Å². The molecule has 118 valence electrons. The molecule has 0 spiro atoms. The predicted octanol–water partition coefficient (Wildman–Crippen LogP) is 2.06. The van der Waals surface area contributed by atoms with E-state index in [2.05, 4.69) is 15.0 Å². The van der Waals surface area contributed by atoms with Crippen LogP contribution in [0.1, 0.15) is 5.56 Å². The number of hydrogen-bond donors (Lipinski definition) is 0. The van der Waals surface area contributed by atoms with E-state index in [9.17, 15) is 8.42 Å². The van der Waals surface area contributed by atoms with Crippen LogP contribution in [0.2, 0.25) is 0 Å². The Balaban J connectivity index is 2.06. The molecule has 3 aromatic rings. The molecule has 0 atom stereocenters. The number of sulfone groups is 1. The summed E-state index contributed by atoms with van der Waals surface area (Å²) in [5.41, 5.74) is 1.80. The number of fused-ring (bicyclic) bond motifs is 1. The maximum absolute atomic E-state index is 11.8. The van der Waals surface area contributed by atoms with Crippen LogP contribution in [-0.4, -0.2) is 36.7 Å². The second-order valence-electron chi connectivity index (χ2n) is 5.36. The van der Waals surface area contributed by atoms with E-state index in [1.54, 1.807) is 30.6 Å². The average Bonchev–Trinajstić information content (AvgIpc) is 2.54. The van der Waals surface area contributed by atoms with Crippen molar-refractivity contribution < 1.29 is 8.42 Å². The van der Waals surface area contributed by atoms with E-state index < -0.39 is 9.84 Å². The molecule has 0 N–H and O–H groups in total. The van der Waals surface area contributed by atoms with Gasteiger partial charge in [-0.3, -0.25) is 4.98 Å². The number of benzene rings is 1. The smallest absolute Gasteiger partial charge is 0.175 e. The van der Waals surface area contributed by atoms with Gasteiger partial charge in [0.15, 0.2) is 9.84 Å². The van der Waals surface area contributed by atoms with Crippen molar-refractivity contribution in [2.24, 2.45) is 0 Å². The van der Waals surface area contributed by atoms with Crippen molar-refractivity contribution in [2.75, 3.05) is 18.2 Å². The highest BCUT2D eigenvalue weighted by Crippen LogP contribution is 2.25. The Morgan fingerprint density at radius 3 is 2.52 bits per heavy atom. The minimum atomic E-state index is -3.28. The highest BCUT2D eigenvalue weighted by atomic mass is 32.2. The van der Waals surface area contributed by atoms with Crippen LogP contribution in [0.15, 0.2) is 53.9 Å². The van der Waals surface area contributed by atoms with Crippen molar-refractivity contribution in [1.29, 1.82) is 0 Å². The number of rotatable bonds is 4. The van der Waals surface area contributed by atoms with Gasteiger partial charge in [-0.15, -0.1) is 0 Å². The molecule has 3 rings (SSSR count). The Bertz CT molecular complexity index is 943. The molecule has 6 nitrogen and oxygen atoms in total. The van der Waals surface area contributed by atoms with Crippen LogP contribution in [0, 0.1) is 0 Å². The van der Waals surface area contributed by atoms with Gasteiger partial charge in [0.1, 0.15) is 12.1 Å². The number of hydrogen-bond acceptors (Lipinski definition) is 6. The minimum Gasteiger partial charge on any atom is -0.355 e. The second-order valence-corrected chi connectivity index (χ2v) is 7.38. The van der Waals surface area contributed by atoms with Gasteiger partial charge in [-0.1, -0.05) is 0 Å². The lowest BCUT2D eigenvalue weighted by Gasteiger charge is -2.19. The molecule has 0 radical (unpaired) electrons. The normalized spacial score (nSPS) is 11.6. The molecular formula is C16H16N4O2S. The Morgan fingerprint density at radius 2 is 1.83 bits per heavy atom. The van der Waals surface area contributed by atoms with Crippen LogP contribution in [0.25, 0.3) is 10.9 Å². The maximum atomic E-state index is 11.8. The van der Waals surface area contributed by atoms with Gasteiger partial charge in [0.05, 0.1) is 10.4 Å². The number of aromatic nitrogens is 3. The number of anilines is 1. The highest BCUT2D eigenvalue weighted by molar-refractivity contribution is 7.90. The Kier molecular flexibility index (Phi) is 3.96. The zero-order chi connectivity index (χ0) is 16.4. The first-order chi connectivity index (χ1) is 10.9. The van der Waals surface area contributed by atoms with Crippen LogP contribution < -0.4 is 4.90 Å². The first-order valence-electron chi connectivity index (χ1n) is 7.00. The minimum absolute atomic E-state index is 0.262. The zero-order valence-corrected chi connectivity index (χ0v) is 13.7. The second kappa shape index (κ2) is 5.92. The summed E-state index contributed by atoms with van der Waals surface area (Å²) in [4.78, 5) is 14.8. The van der Waals surface area contributed by atoms with Crippen molar-refractivity contribution in [3.63, 3.8) is 0 Å². The first-order valence-corrected chi connectivity index (χ1v) is 8.89. The molecule has 7 heteroatoms. The van der Waals surface area contributed by atoms with Gasteiger partial charge in [-0.05, 0) is 35.9 Å². The molecule has 0 bridgehead atoms. The molecule has 23 heavy (non-hydrogen) atoms. The molecule has 0 saturated carbocycles. The highest BCUT2D eigenvalue weighted by Gasteiger charge is 2.13. The number of pyridine rings is 1. The molecule has 0 saturated heterocycles. The van der Waals surface area contributed by atoms with Crippen molar-refractivity contribution in [3.05, 3.63) is 54.6 Å². The Morgan fingerprint density at radius 1 is 1.09 bits per heavy atom. The van der Waals surface area contributed by atoms with E-state index in [0.29, 0.717) is 23.3 Å². The molecule has 0 amide bonds. The standard InChI is InChI=1S/C16H16N4O2S/c1-20(10-12-5-7-17-8-6-12)16-14-9-13(23(2,21)22)3-4-15(14)18-11-19-16/h3-9,11H,10H2,1-2H3. The Labute approximate surface area is 134 Å². The fraction of sp³-hybridized carbons (Fsp3) is 0.188. The fourth-order valence-electron chi connectivity index (χ4n) is 2.39. The maximum Gasteiger partial charge on any atom is 0.175 e. The monoisotopic (exact) mass is 328 g/mol. The third-order valence-electron chi connectivity index (χ3n) is 3.54. The largest absolute Gasteiger partial charge is 0.355 e. The first kappa shape index (κ1) is 15.4. The van der Waals surface area contributed by atoms with Gasteiger partial charge in [-0.25, -0.2) is 18.4 Å². The molecule has 0 aliphatic heterocycles. The van der Waals surface area contributed by atoms with E-state index in [0.717, 1.165) is 5.56 Å². The molecule has 0 unspecified atom stereocenters. The lowest BCUT2D eigenvalue weighted by atomic mass is 10.2. The van der Waals surface area contributed by atoms with Gasteiger partial charge in [-0.2, -0.15) is 0 Å². The van der Waals surface area contributed by atoms with Crippen molar-refractivity contribution in [3.8, 4) is 0 Å². The molecule has 0 fully saturated rings. The van der Waals surface area contributed by atoms with E-state index >= 15 is 0 Å². The molecule has 0 aliphatic rings. The van der Waals surface area contributed by atoms with Crippen LogP contribution >= 0.6 is 0 Å². The third kappa shape index (κ3) is 3.29. The summed E-state index contributed by atoms with van der Waals surface area (Å²) in [5, 5.41) is 0.715. The Hall–Kier alpha value is -2.54. The van der Waals surface area contributed by atoms with Crippen LogP contribution in [0.3, 0.4) is 0 Å². The zero-order valence-electron chi connectivity index (χ0n) is 12.8. The van der Waals surface area contributed by atoms with Gasteiger partial charge in [0.2, 0.25) is 0 Å². The van der Waals surface area contributed by atoms with Gasteiger partial charge in [0.25, 0.3) is 0 Å². The summed E-state index contributed by atoms with van der Waals surface area (Å²) >= 11 is 0. The molecule has 0 aliphatic carbocycles. The van der Waals surface area contributed by atoms with E-state index in [1.807, 2.05) is 24.1 Å². The lowest BCUT2D eigenvalue weighted by Crippen LogP contribution is -2.18. The van der Waals surface area contributed by atoms with Crippen LogP contribution in [0.4, 0.5) is 5.82 Å². The summed E-state index contributed by atoms with van der Waals surface area (Å²) in [6, 6.07) is 8.77. The molecule has 2 heterocycles. The molecular weight excluding hydrogens is 312 g/mol. The topological polar surface area (TPSA) is 76.1 Å². The summed E-state index contributed by atoms with van der Waals surface area (Å²) in [5.74, 6) is 0.692. The van der Waals surface area contributed by atoms with E-state index in [1.165, 1.54) is 12.6 Å². The SMILES string of the molecule is CN(Cc1ccncc1)c1ncnc2ccc(S(C)(=O)=O)cc12. The van der Waals surface area contributed by atoms with Gasteiger partial charge >= 0.3 is 0 Å². The van der Waals surface area contributed by atoms with E-state index in [-0.39, 0.29) is 4.90 Å². The van der Waals surface area contributed by atoms with Gasteiger partial charge < -0.3 is 4.90 Å².